The molecule has 4 fully saturated rings. The van der Waals surface area contributed by atoms with Gasteiger partial charge in [-0.2, -0.15) is 0 Å². The van der Waals surface area contributed by atoms with Gasteiger partial charge in [0.1, 0.15) is 12.4 Å². The quantitative estimate of drug-likeness (QED) is 0.112. The fourth-order valence-electron chi connectivity index (χ4n) is 8.98. The van der Waals surface area contributed by atoms with Gasteiger partial charge in [0, 0.05) is 72.5 Å². The number of methoxy groups -OCH3 is 1. The molecule has 3 unspecified atom stereocenters. The Morgan fingerprint density at radius 1 is 0.722 bits per heavy atom. The molecule has 2 aliphatic heterocycles. The Kier molecular flexibility index (Phi) is 9.94. The fourth-order valence-corrected chi connectivity index (χ4v) is 8.98. The second-order valence-corrected chi connectivity index (χ2v) is 16.6. The molecule has 2 saturated carbocycles. The summed E-state index contributed by atoms with van der Waals surface area (Å²) in [7, 11) is 1.62. The van der Waals surface area contributed by atoms with Crippen molar-refractivity contribution in [1.29, 1.82) is 0 Å². The Morgan fingerprint density at radius 2 is 1.44 bits per heavy atom. The number of benzene rings is 4. The van der Waals surface area contributed by atoms with Gasteiger partial charge < -0.3 is 19.3 Å². The highest BCUT2D eigenvalue weighted by Gasteiger charge is 2.36. The molecule has 5 aromatic rings. The van der Waals surface area contributed by atoms with Crippen LogP contribution in [0, 0.1) is 23.7 Å². The number of carbonyl (C=O) groups excluding carboxylic acids is 2. The maximum Gasteiger partial charge on any atom is 0.213 e. The summed E-state index contributed by atoms with van der Waals surface area (Å²) in [5.41, 5.74) is 4.63. The van der Waals surface area contributed by atoms with Crippen LogP contribution in [0.25, 0.3) is 21.7 Å². The molecule has 3 atom stereocenters. The zero-order valence-electron chi connectivity index (χ0n) is 31.4. The molecule has 7 nitrogen and oxygen atoms in total. The summed E-state index contributed by atoms with van der Waals surface area (Å²) >= 11 is 0. The summed E-state index contributed by atoms with van der Waals surface area (Å²) < 4.78 is 11.9. The molecule has 0 bridgehead atoms. The predicted molar refractivity (Wildman–Crippen MR) is 214 cm³/mol. The standard InChI is InChI=1S/C47H51N3O4/c1-53-45-18-15-34-20-36(14-17-43(34)48-45)47(52)41-23-40(28-50(29-41)26-32-11-12-32)38-22-39-21-35(46(51)37-8-5-19-49(27-37)25-31-9-10-31)13-16-42(39)44(24-38)54-30-33-6-3-2-4-7-33/h2-4,6-7,13-18,20-22,24,31-32,37,40-41H,5,8-12,19,23,25-30H2,1H3. The highest BCUT2D eigenvalue weighted by molar-refractivity contribution is 6.03. The molecule has 7 heteroatoms. The number of pyridine rings is 1. The summed E-state index contributed by atoms with van der Waals surface area (Å²) in [6.07, 6.45) is 8.02. The largest absolute Gasteiger partial charge is 0.488 e. The molecule has 0 amide bonds. The van der Waals surface area contributed by atoms with Crippen LogP contribution < -0.4 is 9.47 Å². The minimum atomic E-state index is -0.131. The maximum atomic E-state index is 14.3. The van der Waals surface area contributed by atoms with E-state index in [1.807, 2.05) is 54.6 Å². The van der Waals surface area contributed by atoms with Crippen molar-refractivity contribution in [3.8, 4) is 11.6 Å². The normalized spacial score (nSPS) is 22.4. The number of carbonyl (C=O) groups is 2. The van der Waals surface area contributed by atoms with Crippen molar-refractivity contribution < 1.29 is 19.1 Å². The van der Waals surface area contributed by atoms with E-state index in [0.717, 1.165) is 114 Å². The number of piperidine rings is 2. The number of hydrogen-bond donors (Lipinski definition) is 0. The zero-order valence-corrected chi connectivity index (χ0v) is 31.4. The van der Waals surface area contributed by atoms with Crippen LogP contribution in [0.4, 0.5) is 0 Å². The van der Waals surface area contributed by atoms with Gasteiger partial charge in [-0.15, -0.1) is 0 Å². The molecule has 0 N–H and O–H groups in total. The molecule has 9 rings (SSSR count). The van der Waals surface area contributed by atoms with Crippen LogP contribution in [0.2, 0.25) is 0 Å². The first-order valence-electron chi connectivity index (χ1n) is 20.2. The average Bonchev–Trinajstić information content (AvgIpc) is 4.17. The summed E-state index contributed by atoms with van der Waals surface area (Å²) in [6.45, 7) is 6.29. The summed E-state index contributed by atoms with van der Waals surface area (Å²) in [5.74, 6) is 3.46. The molecule has 1 aromatic heterocycles. The molecular formula is C47H51N3O4. The van der Waals surface area contributed by atoms with Crippen molar-refractivity contribution in [2.24, 2.45) is 23.7 Å². The predicted octanol–water partition coefficient (Wildman–Crippen LogP) is 8.98. The Hall–Kier alpha value is -4.59. The number of likely N-dealkylation sites (tertiary alicyclic amines) is 2. The van der Waals surface area contributed by atoms with Crippen LogP contribution >= 0.6 is 0 Å². The first-order chi connectivity index (χ1) is 26.5. The van der Waals surface area contributed by atoms with E-state index in [-0.39, 0.29) is 29.3 Å². The van der Waals surface area contributed by atoms with Crippen molar-refractivity contribution in [2.45, 2.75) is 57.5 Å². The van der Waals surface area contributed by atoms with Crippen molar-refractivity contribution in [3.63, 3.8) is 0 Å². The lowest BCUT2D eigenvalue weighted by Gasteiger charge is -2.38. The average molecular weight is 722 g/mol. The van der Waals surface area contributed by atoms with Gasteiger partial charge >= 0.3 is 0 Å². The van der Waals surface area contributed by atoms with E-state index >= 15 is 0 Å². The van der Waals surface area contributed by atoms with Crippen LogP contribution in [0.5, 0.6) is 11.6 Å². The van der Waals surface area contributed by atoms with Crippen LogP contribution in [0.3, 0.4) is 0 Å². The van der Waals surface area contributed by atoms with Crippen LogP contribution in [-0.4, -0.2) is 72.7 Å². The van der Waals surface area contributed by atoms with Gasteiger partial charge in [0.05, 0.1) is 12.6 Å². The van der Waals surface area contributed by atoms with E-state index in [4.69, 9.17) is 9.47 Å². The van der Waals surface area contributed by atoms with Crippen molar-refractivity contribution in [1.82, 2.24) is 14.8 Å². The molecule has 3 heterocycles. The Bertz CT molecular complexity index is 2160. The monoisotopic (exact) mass is 721 g/mol. The molecular weight excluding hydrogens is 671 g/mol. The molecule has 4 aromatic carbocycles. The number of rotatable bonds is 13. The summed E-state index contributed by atoms with van der Waals surface area (Å²) in [5, 5.41) is 2.99. The topological polar surface area (TPSA) is 72.0 Å². The first kappa shape index (κ1) is 35.1. The molecule has 0 radical (unpaired) electrons. The lowest BCUT2D eigenvalue weighted by Crippen LogP contribution is -2.43. The third kappa shape index (κ3) is 7.94. The maximum absolute atomic E-state index is 14.3. The highest BCUT2D eigenvalue weighted by Crippen LogP contribution is 2.40. The summed E-state index contributed by atoms with van der Waals surface area (Å²) in [4.78, 5) is 38.0. The van der Waals surface area contributed by atoms with E-state index in [2.05, 4.69) is 51.2 Å². The van der Waals surface area contributed by atoms with E-state index in [9.17, 15) is 9.59 Å². The number of ether oxygens (including phenoxy) is 2. The Balaban J connectivity index is 1.03. The minimum Gasteiger partial charge on any atom is -0.488 e. The molecule has 2 saturated heterocycles. The van der Waals surface area contributed by atoms with Gasteiger partial charge in [-0.25, -0.2) is 4.98 Å². The van der Waals surface area contributed by atoms with Crippen LogP contribution in [0.15, 0.2) is 91.0 Å². The zero-order chi connectivity index (χ0) is 36.6. The first-order valence-corrected chi connectivity index (χ1v) is 20.2. The molecule has 0 spiro atoms. The molecule has 2 aliphatic carbocycles. The number of ketones is 2. The highest BCUT2D eigenvalue weighted by atomic mass is 16.5. The third-order valence-corrected chi connectivity index (χ3v) is 12.3. The van der Waals surface area contributed by atoms with Crippen molar-refractivity contribution >= 4 is 33.2 Å². The Morgan fingerprint density at radius 3 is 2.22 bits per heavy atom. The Labute approximate surface area is 318 Å². The smallest absolute Gasteiger partial charge is 0.213 e. The molecule has 54 heavy (non-hydrogen) atoms. The van der Waals surface area contributed by atoms with E-state index in [1.165, 1.54) is 31.2 Å². The van der Waals surface area contributed by atoms with E-state index in [1.54, 1.807) is 7.11 Å². The minimum absolute atomic E-state index is 0.0425. The third-order valence-electron chi connectivity index (χ3n) is 12.3. The lowest BCUT2D eigenvalue weighted by atomic mass is 9.80. The number of Topliss-reactive ketones (excluding diaryl/α,β-unsaturated/α-hetero) is 2. The molecule has 4 aliphatic rings. The van der Waals surface area contributed by atoms with Crippen molar-refractivity contribution in [3.05, 3.63) is 113 Å². The van der Waals surface area contributed by atoms with Gasteiger partial charge in [-0.05, 0) is 128 Å². The van der Waals surface area contributed by atoms with Crippen molar-refractivity contribution in [2.75, 3.05) is 46.4 Å². The second kappa shape index (κ2) is 15.3. The van der Waals surface area contributed by atoms with Crippen LogP contribution in [-0.2, 0) is 6.61 Å². The number of hydrogen-bond acceptors (Lipinski definition) is 7. The van der Waals surface area contributed by atoms with Gasteiger partial charge in [-0.1, -0.05) is 42.5 Å². The van der Waals surface area contributed by atoms with E-state index < -0.39 is 0 Å². The second-order valence-electron chi connectivity index (χ2n) is 16.6. The van der Waals surface area contributed by atoms with Gasteiger partial charge in [0.25, 0.3) is 0 Å². The van der Waals surface area contributed by atoms with E-state index in [0.29, 0.717) is 12.5 Å². The number of nitrogens with zero attached hydrogens (tertiary/aromatic N) is 3. The van der Waals surface area contributed by atoms with Crippen LogP contribution in [0.1, 0.15) is 82.7 Å². The molecule has 278 valence electrons. The fraction of sp³-hybridized carbons (Fsp3) is 0.426. The van der Waals surface area contributed by atoms with Gasteiger partial charge in [-0.3, -0.25) is 9.59 Å². The number of fused-ring (bicyclic) bond motifs is 2. The lowest BCUT2D eigenvalue weighted by molar-refractivity contribution is 0.0786. The number of aromatic nitrogens is 1. The van der Waals surface area contributed by atoms with Gasteiger partial charge in [0.15, 0.2) is 11.6 Å². The SMILES string of the molecule is COc1ccc2cc(C(=O)C3CC(c4cc(OCc5ccccc5)c5ccc(C(=O)C6CCCN(CC7CC7)C6)cc5c4)CN(CC4CC4)C3)ccc2n1. The van der Waals surface area contributed by atoms with Gasteiger partial charge in [0.2, 0.25) is 5.88 Å². The summed E-state index contributed by atoms with van der Waals surface area (Å²) in [6, 6.07) is 30.7.